The summed E-state index contributed by atoms with van der Waals surface area (Å²) in [5.74, 6) is 0.662. The van der Waals surface area contributed by atoms with Crippen LogP contribution in [0.5, 0.6) is 11.5 Å². The molecule has 1 amide bonds. The Hall–Kier alpha value is -3.00. The molecule has 1 heterocycles. The molecular weight excluding hydrogens is 398 g/mol. The highest BCUT2D eigenvalue weighted by Crippen LogP contribution is 2.26. The zero-order chi connectivity index (χ0) is 20.6. The molecule has 3 rings (SSSR count). The minimum atomic E-state index is -2.88. The second kappa shape index (κ2) is 9.97. The van der Waals surface area contributed by atoms with Crippen molar-refractivity contribution >= 4 is 17.2 Å². The number of thiazole rings is 1. The number of rotatable bonds is 9. The van der Waals surface area contributed by atoms with E-state index >= 15 is 0 Å². The molecule has 0 radical (unpaired) electrons. The molecule has 0 aliphatic rings. The predicted molar refractivity (Wildman–Crippen MR) is 107 cm³/mol. The van der Waals surface area contributed by atoms with Crippen molar-refractivity contribution in [2.24, 2.45) is 0 Å². The van der Waals surface area contributed by atoms with E-state index < -0.39 is 6.61 Å². The highest BCUT2D eigenvalue weighted by molar-refractivity contribution is 7.13. The van der Waals surface area contributed by atoms with Crippen molar-refractivity contribution in [2.45, 2.75) is 26.5 Å². The number of carbonyl (C=O) groups excluding carboxylic acids is 1. The summed E-state index contributed by atoms with van der Waals surface area (Å²) in [6, 6.07) is 13.9. The Labute approximate surface area is 171 Å². The molecule has 0 saturated carbocycles. The number of hydrogen-bond donors (Lipinski definition) is 1. The van der Waals surface area contributed by atoms with Crippen molar-refractivity contribution in [2.75, 3.05) is 6.61 Å². The van der Waals surface area contributed by atoms with Gasteiger partial charge in [-0.25, -0.2) is 4.98 Å². The summed E-state index contributed by atoms with van der Waals surface area (Å²) < 4.78 is 34.4. The van der Waals surface area contributed by atoms with Gasteiger partial charge in [-0.05, 0) is 48.9 Å². The Kier molecular flexibility index (Phi) is 7.13. The van der Waals surface area contributed by atoms with Crippen LogP contribution in [0.2, 0.25) is 0 Å². The van der Waals surface area contributed by atoms with Crippen LogP contribution in [0.1, 0.15) is 18.2 Å². The van der Waals surface area contributed by atoms with Gasteiger partial charge in [0, 0.05) is 17.5 Å². The minimum Gasteiger partial charge on any atom is -0.494 e. The van der Waals surface area contributed by atoms with Crippen LogP contribution in [0.3, 0.4) is 0 Å². The summed E-state index contributed by atoms with van der Waals surface area (Å²) in [4.78, 5) is 16.7. The van der Waals surface area contributed by atoms with Crippen LogP contribution in [0.25, 0.3) is 10.6 Å². The van der Waals surface area contributed by atoms with Gasteiger partial charge >= 0.3 is 6.61 Å². The van der Waals surface area contributed by atoms with Crippen LogP contribution in [0.15, 0.2) is 53.9 Å². The van der Waals surface area contributed by atoms with Crippen LogP contribution < -0.4 is 14.8 Å². The van der Waals surface area contributed by atoms with E-state index in [9.17, 15) is 13.6 Å². The van der Waals surface area contributed by atoms with Gasteiger partial charge in [-0.3, -0.25) is 4.79 Å². The lowest BCUT2D eigenvalue weighted by molar-refractivity contribution is -0.120. The molecule has 1 aromatic heterocycles. The minimum absolute atomic E-state index is 0.0613. The largest absolute Gasteiger partial charge is 0.494 e. The van der Waals surface area contributed by atoms with E-state index in [1.54, 1.807) is 12.1 Å². The number of amides is 1. The van der Waals surface area contributed by atoms with Crippen LogP contribution in [0.4, 0.5) is 8.78 Å². The van der Waals surface area contributed by atoms with Gasteiger partial charge in [-0.15, -0.1) is 11.3 Å². The van der Waals surface area contributed by atoms with E-state index in [2.05, 4.69) is 15.0 Å². The summed E-state index contributed by atoms with van der Waals surface area (Å²) in [7, 11) is 0. The normalized spacial score (nSPS) is 10.8. The van der Waals surface area contributed by atoms with Crippen molar-refractivity contribution in [1.29, 1.82) is 0 Å². The monoisotopic (exact) mass is 418 g/mol. The average Bonchev–Trinajstić information content (AvgIpc) is 3.15. The molecule has 0 bridgehead atoms. The van der Waals surface area contributed by atoms with Crippen molar-refractivity contribution in [3.05, 3.63) is 65.2 Å². The number of halogens is 2. The zero-order valence-corrected chi connectivity index (χ0v) is 16.5. The van der Waals surface area contributed by atoms with Crippen molar-refractivity contribution in [1.82, 2.24) is 10.3 Å². The summed E-state index contributed by atoms with van der Waals surface area (Å²) in [5, 5.41) is 5.44. The van der Waals surface area contributed by atoms with E-state index in [0.717, 1.165) is 16.3 Å². The van der Waals surface area contributed by atoms with Crippen LogP contribution in [-0.2, 0) is 17.8 Å². The Morgan fingerprint density at radius 3 is 2.69 bits per heavy atom. The lowest BCUT2D eigenvalue weighted by Gasteiger charge is -2.08. The zero-order valence-electron chi connectivity index (χ0n) is 15.7. The number of nitrogens with one attached hydrogen (secondary N) is 1. The molecule has 0 aliphatic heterocycles. The van der Waals surface area contributed by atoms with Gasteiger partial charge in [0.15, 0.2) is 0 Å². The number of aromatic nitrogens is 1. The number of alkyl halides is 2. The van der Waals surface area contributed by atoms with E-state index in [1.165, 1.54) is 23.5 Å². The summed E-state index contributed by atoms with van der Waals surface area (Å²) >= 11 is 1.47. The summed E-state index contributed by atoms with van der Waals surface area (Å²) in [5.41, 5.74) is 2.30. The van der Waals surface area contributed by atoms with Gasteiger partial charge in [0.05, 0.1) is 18.7 Å². The summed E-state index contributed by atoms with van der Waals surface area (Å²) in [6.45, 7) is -0.122. The highest BCUT2D eigenvalue weighted by atomic mass is 32.1. The first-order valence-electron chi connectivity index (χ1n) is 9.01. The topological polar surface area (TPSA) is 60.5 Å². The van der Waals surface area contributed by atoms with Gasteiger partial charge in [-0.2, -0.15) is 8.78 Å². The third-order valence-corrected chi connectivity index (χ3v) is 4.86. The standard InChI is InChI=1S/C21H20F2N2O3S/c1-2-27-17-8-6-15(7-9-17)20-25-16(13-29-20)11-19(26)24-12-14-4-3-5-18(10-14)28-21(22)23/h3-10,13,21H,2,11-12H2,1H3,(H,24,26). The third-order valence-electron chi connectivity index (χ3n) is 3.92. The Balaban J connectivity index is 1.54. The molecule has 29 heavy (non-hydrogen) atoms. The van der Waals surface area contributed by atoms with Gasteiger partial charge in [0.25, 0.3) is 0 Å². The maximum Gasteiger partial charge on any atom is 0.387 e. The fourth-order valence-electron chi connectivity index (χ4n) is 2.64. The van der Waals surface area contributed by atoms with E-state index in [-0.39, 0.29) is 24.6 Å². The number of hydrogen-bond acceptors (Lipinski definition) is 5. The number of benzene rings is 2. The lowest BCUT2D eigenvalue weighted by atomic mass is 10.2. The maximum absolute atomic E-state index is 12.3. The fraction of sp³-hybridized carbons (Fsp3) is 0.238. The van der Waals surface area contributed by atoms with Crippen LogP contribution in [0, 0.1) is 0 Å². The van der Waals surface area contributed by atoms with Gasteiger partial charge in [-0.1, -0.05) is 12.1 Å². The first-order valence-corrected chi connectivity index (χ1v) is 9.89. The van der Waals surface area contributed by atoms with Gasteiger partial charge in [0.2, 0.25) is 5.91 Å². The SMILES string of the molecule is CCOc1ccc(-c2nc(CC(=O)NCc3cccc(OC(F)F)c3)cs2)cc1. The molecule has 0 aliphatic carbocycles. The molecule has 0 saturated heterocycles. The Bertz CT molecular complexity index is 945. The smallest absolute Gasteiger partial charge is 0.387 e. The fourth-order valence-corrected chi connectivity index (χ4v) is 3.47. The Morgan fingerprint density at radius 1 is 1.17 bits per heavy atom. The lowest BCUT2D eigenvalue weighted by Crippen LogP contribution is -2.24. The van der Waals surface area contributed by atoms with Gasteiger partial charge < -0.3 is 14.8 Å². The van der Waals surface area contributed by atoms with Crippen molar-refractivity contribution in [3.8, 4) is 22.1 Å². The molecular formula is C21H20F2N2O3S. The molecule has 0 atom stereocenters. The number of carbonyl (C=O) groups is 1. The number of ether oxygens (including phenoxy) is 2. The van der Waals surface area contributed by atoms with Gasteiger partial charge in [0.1, 0.15) is 16.5 Å². The second-order valence-corrected chi connectivity index (χ2v) is 6.94. The average molecular weight is 418 g/mol. The molecule has 0 fully saturated rings. The number of nitrogens with zero attached hydrogens (tertiary/aromatic N) is 1. The van der Waals surface area contributed by atoms with Crippen LogP contribution in [-0.4, -0.2) is 24.1 Å². The third kappa shape index (κ3) is 6.25. The molecule has 8 heteroatoms. The second-order valence-electron chi connectivity index (χ2n) is 6.08. The molecule has 1 N–H and O–H groups in total. The molecule has 0 unspecified atom stereocenters. The van der Waals surface area contributed by atoms with E-state index in [0.29, 0.717) is 17.9 Å². The van der Waals surface area contributed by atoms with Crippen LogP contribution >= 0.6 is 11.3 Å². The first kappa shape index (κ1) is 20.7. The molecule has 152 valence electrons. The van der Waals surface area contributed by atoms with Crippen molar-refractivity contribution in [3.63, 3.8) is 0 Å². The van der Waals surface area contributed by atoms with Crippen molar-refractivity contribution < 1.29 is 23.0 Å². The highest BCUT2D eigenvalue weighted by Gasteiger charge is 2.10. The molecule has 5 nitrogen and oxygen atoms in total. The first-order chi connectivity index (χ1) is 14.0. The quantitative estimate of drug-likeness (QED) is 0.549. The molecule has 0 spiro atoms. The van der Waals surface area contributed by atoms with E-state index in [1.807, 2.05) is 36.6 Å². The molecule has 3 aromatic rings. The maximum atomic E-state index is 12.3. The Morgan fingerprint density at radius 2 is 1.97 bits per heavy atom. The predicted octanol–water partition coefficient (Wildman–Crippen LogP) is 4.67. The van der Waals surface area contributed by atoms with E-state index in [4.69, 9.17) is 4.74 Å². The molecule has 2 aromatic carbocycles. The summed E-state index contributed by atoms with van der Waals surface area (Å²) in [6.07, 6.45) is 0.140.